The third kappa shape index (κ3) is 2.66. The van der Waals surface area contributed by atoms with Gasteiger partial charge in [-0.3, -0.25) is 0 Å². The van der Waals surface area contributed by atoms with Gasteiger partial charge in [0.25, 0.3) is 0 Å². The summed E-state index contributed by atoms with van der Waals surface area (Å²) in [6.07, 6.45) is 3.57. The molecule has 70 valence electrons. The minimum absolute atomic E-state index is 0.210. The molecule has 1 heterocycles. The summed E-state index contributed by atoms with van der Waals surface area (Å²) < 4.78 is 9.63. The number of hydrogen-bond acceptors (Lipinski definition) is 4. The molecule has 13 heavy (non-hydrogen) atoms. The van der Waals surface area contributed by atoms with Crippen LogP contribution in [-0.2, 0) is 4.74 Å². The molecule has 0 fully saturated rings. The van der Waals surface area contributed by atoms with Crippen LogP contribution < -0.4 is 0 Å². The maximum absolute atomic E-state index is 10.9. The maximum atomic E-state index is 10.9. The van der Waals surface area contributed by atoms with Crippen molar-refractivity contribution in [3.8, 4) is 0 Å². The highest BCUT2D eigenvalue weighted by molar-refractivity contribution is 7.80. The first-order valence-electron chi connectivity index (χ1n) is 3.73. The molecular formula is C9H10O3S. The topological polar surface area (TPSA) is 39.4 Å². The van der Waals surface area contributed by atoms with E-state index in [4.69, 9.17) is 4.42 Å². The Morgan fingerprint density at radius 2 is 2.46 bits per heavy atom. The molecule has 0 aliphatic heterocycles. The first-order chi connectivity index (χ1) is 6.27. The minimum atomic E-state index is -0.467. The number of furan rings is 1. The normalized spacial score (nSPS) is 10.6. The third-order valence-corrected chi connectivity index (χ3v) is 1.61. The molecule has 0 N–H and O–H groups in total. The number of esters is 1. The SMILES string of the molecule is COC(=O)c1ccc(C=CCS)o1. The Morgan fingerprint density at radius 1 is 1.69 bits per heavy atom. The van der Waals surface area contributed by atoms with Gasteiger partial charge in [-0.15, -0.1) is 0 Å². The predicted octanol–water partition coefficient (Wildman–Crippen LogP) is 2.01. The van der Waals surface area contributed by atoms with Crippen LogP contribution in [0, 0.1) is 0 Å². The fourth-order valence-corrected chi connectivity index (χ4v) is 0.927. The summed E-state index contributed by atoms with van der Waals surface area (Å²) in [6, 6.07) is 3.27. The molecule has 1 rings (SSSR count). The molecule has 4 heteroatoms. The fourth-order valence-electron chi connectivity index (χ4n) is 0.822. The maximum Gasteiger partial charge on any atom is 0.373 e. The second kappa shape index (κ2) is 4.77. The van der Waals surface area contributed by atoms with Crippen LogP contribution in [0.25, 0.3) is 6.08 Å². The molecule has 0 saturated heterocycles. The Bertz CT molecular complexity index is 314. The zero-order valence-corrected chi connectivity index (χ0v) is 8.08. The van der Waals surface area contributed by atoms with Crippen molar-refractivity contribution in [2.24, 2.45) is 0 Å². The molecule has 0 spiro atoms. The Morgan fingerprint density at radius 3 is 3.08 bits per heavy atom. The Labute approximate surface area is 81.8 Å². The molecule has 3 nitrogen and oxygen atoms in total. The van der Waals surface area contributed by atoms with Crippen molar-refractivity contribution in [3.63, 3.8) is 0 Å². The van der Waals surface area contributed by atoms with Crippen LogP contribution in [-0.4, -0.2) is 18.8 Å². The largest absolute Gasteiger partial charge is 0.463 e. The lowest BCUT2D eigenvalue weighted by molar-refractivity contribution is 0.0564. The molecule has 0 amide bonds. The molecule has 1 aromatic heterocycles. The smallest absolute Gasteiger partial charge is 0.373 e. The van der Waals surface area contributed by atoms with Crippen LogP contribution in [0.15, 0.2) is 22.6 Å². The van der Waals surface area contributed by atoms with Gasteiger partial charge in [-0.05, 0) is 18.2 Å². The lowest BCUT2D eigenvalue weighted by Gasteiger charge is -1.91. The van der Waals surface area contributed by atoms with Crippen molar-refractivity contribution >= 4 is 24.7 Å². The van der Waals surface area contributed by atoms with Gasteiger partial charge in [0, 0.05) is 5.75 Å². The summed E-state index contributed by atoms with van der Waals surface area (Å²) in [5.41, 5.74) is 0. The highest BCUT2D eigenvalue weighted by Crippen LogP contribution is 2.10. The molecule has 0 atom stereocenters. The predicted molar refractivity (Wildman–Crippen MR) is 52.9 cm³/mol. The Kier molecular flexibility index (Phi) is 3.64. The van der Waals surface area contributed by atoms with E-state index < -0.39 is 5.97 Å². The van der Waals surface area contributed by atoms with Gasteiger partial charge < -0.3 is 9.15 Å². The quantitative estimate of drug-likeness (QED) is 0.596. The number of carbonyl (C=O) groups is 1. The fraction of sp³-hybridized carbons (Fsp3) is 0.222. The minimum Gasteiger partial charge on any atom is -0.463 e. The van der Waals surface area contributed by atoms with Crippen LogP contribution in [0.5, 0.6) is 0 Å². The number of methoxy groups -OCH3 is 1. The van der Waals surface area contributed by atoms with E-state index in [9.17, 15) is 4.79 Å². The van der Waals surface area contributed by atoms with Gasteiger partial charge in [-0.1, -0.05) is 6.08 Å². The third-order valence-electron chi connectivity index (χ3n) is 1.40. The number of carbonyl (C=O) groups excluding carboxylic acids is 1. The van der Waals surface area contributed by atoms with Crippen LogP contribution in [0.3, 0.4) is 0 Å². The van der Waals surface area contributed by atoms with Crippen molar-refractivity contribution in [2.45, 2.75) is 0 Å². The standard InChI is InChI=1S/C9H10O3S/c1-11-9(10)8-5-4-7(12-8)3-2-6-13/h2-5,13H,6H2,1H3. The molecule has 0 aliphatic carbocycles. The van der Waals surface area contributed by atoms with Crippen LogP contribution >= 0.6 is 12.6 Å². The molecular weight excluding hydrogens is 188 g/mol. The lowest BCUT2D eigenvalue weighted by atomic mass is 10.4. The summed E-state index contributed by atoms with van der Waals surface area (Å²) in [7, 11) is 1.31. The van der Waals surface area contributed by atoms with Crippen molar-refractivity contribution in [1.82, 2.24) is 0 Å². The number of hydrogen-bond donors (Lipinski definition) is 1. The lowest BCUT2D eigenvalue weighted by Crippen LogP contribution is -1.98. The van der Waals surface area contributed by atoms with E-state index in [1.54, 1.807) is 18.2 Å². The van der Waals surface area contributed by atoms with E-state index >= 15 is 0 Å². The van der Waals surface area contributed by atoms with Crippen LogP contribution in [0.2, 0.25) is 0 Å². The molecule has 1 aromatic rings. The van der Waals surface area contributed by atoms with E-state index in [1.807, 2.05) is 6.08 Å². The van der Waals surface area contributed by atoms with E-state index in [1.165, 1.54) is 7.11 Å². The molecule has 0 bridgehead atoms. The van der Waals surface area contributed by atoms with E-state index in [0.717, 1.165) is 0 Å². The molecule has 0 aromatic carbocycles. The van der Waals surface area contributed by atoms with Gasteiger partial charge in [0.2, 0.25) is 5.76 Å². The summed E-state index contributed by atoms with van der Waals surface area (Å²) in [4.78, 5) is 10.9. The molecule has 0 radical (unpaired) electrons. The van der Waals surface area contributed by atoms with Gasteiger partial charge in [-0.2, -0.15) is 12.6 Å². The van der Waals surface area contributed by atoms with Gasteiger partial charge in [0.1, 0.15) is 5.76 Å². The van der Waals surface area contributed by atoms with E-state index in [-0.39, 0.29) is 5.76 Å². The average Bonchev–Trinajstić information content (AvgIpc) is 2.62. The zero-order chi connectivity index (χ0) is 9.68. The summed E-state index contributed by atoms with van der Waals surface area (Å²) in [6.45, 7) is 0. The van der Waals surface area contributed by atoms with Gasteiger partial charge in [0.15, 0.2) is 0 Å². The highest BCUT2D eigenvalue weighted by atomic mass is 32.1. The van der Waals surface area contributed by atoms with Crippen LogP contribution in [0.1, 0.15) is 16.3 Å². The highest BCUT2D eigenvalue weighted by Gasteiger charge is 2.08. The molecule has 0 aliphatic rings. The van der Waals surface area contributed by atoms with Gasteiger partial charge >= 0.3 is 5.97 Å². The second-order valence-corrected chi connectivity index (χ2v) is 2.64. The molecule has 0 saturated carbocycles. The summed E-state index contributed by atoms with van der Waals surface area (Å²) in [5.74, 6) is 0.995. The second-order valence-electron chi connectivity index (χ2n) is 2.28. The summed E-state index contributed by atoms with van der Waals surface area (Å²) >= 11 is 4.00. The van der Waals surface area contributed by atoms with E-state index in [0.29, 0.717) is 11.5 Å². The van der Waals surface area contributed by atoms with E-state index in [2.05, 4.69) is 17.4 Å². The first-order valence-corrected chi connectivity index (χ1v) is 4.36. The van der Waals surface area contributed by atoms with Gasteiger partial charge in [0.05, 0.1) is 7.11 Å². The monoisotopic (exact) mass is 198 g/mol. The Balaban J connectivity index is 2.74. The van der Waals surface area contributed by atoms with Crippen molar-refractivity contribution < 1.29 is 13.9 Å². The van der Waals surface area contributed by atoms with Crippen LogP contribution in [0.4, 0.5) is 0 Å². The first kappa shape index (κ1) is 9.92. The van der Waals surface area contributed by atoms with Crippen molar-refractivity contribution in [1.29, 1.82) is 0 Å². The Hall–Kier alpha value is -1.16. The average molecular weight is 198 g/mol. The van der Waals surface area contributed by atoms with Crippen molar-refractivity contribution in [2.75, 3.05) is 12.9 Å². The zero-order valence-electron chi connectivity index (χ0n) is 7.19. The van der Waals surface area contributed by atoms with Crippen molar-refractivity contribution in [3.05, 3.63) is 29.7 Å². The van der Waals surface area contributed by atoms with Gasteiger partial charge in [-0.25, -0.2) is 4.79 Å². The molecule has 0 unspecified atom stereocenters. The summed E-state index contributed by atoms with van der Waals surface area (Å²) in [5, 5.41) is 0. The number of thiol groups is 1. The number of rotatable bonds is 3. The number of ether oxygens (including phenoxy) is 1.